The van der Waals surface area contributed by atoms with E-state index < -0.39 is 28.5 Å². The van der Waals surface area contributed by atoms with Crippen molar-refractivity contribution >= 4 is 39.1 Å². The van der Waals surface area contributed by atoms with Gasteiger partial charge in [-0.1, -0.05) is 47.5 Å². The van der Waals surface area contributed by atoms with Gasteiger partial charge in [-0.05, 0) is 75.7 Å². The molecule has 1 N–H and O–H groups in total. The van der Waals surface area contributed by atoms with E-state index in [4.69, 9.17) is 16.3 Å². The van der Waals surface area contributed by atoms with Gasteiger partial charge in [0.25, 0.3) is 10.0 Å². The third-order valence-corrected chi connectivity index (χ3v) is 8.30. The molecule has 208 valence electrons. The summed E-state index contributed by atoms with van der Waals surface area (Å²) in [7, 11) is -4.14. The zero-order valence-electron chi connectivity index (χ0n) is 22.6. The fraction of sp³-hybridized carbons (Fsp3) is 0.310. The van der Waals surface area contributed by atoms with E-state index in [2.05, 4.69) is 5.32 Å². The number of hydrogen-bond acceptors (Lipinski definition) is 5. The quantitative estimate of drug-likeness (QED) is 0.337. The second kappa shape index (κ2) is 13.5. The first-order chi connectivity index (χ1) is 18.6. The van der Waals surface area contributed by atoms with Crippen molar-refractivity contribution < 1.29 is 22.7 Å². The van der Waals surface area contributed by atoms with Crippen LogP contribution in [-0.2, 0) is 26.2 Å². The monoisotopic (exact) mass is 571 g/mol. The van der Waals surface area contributed by atoms with Crippen LogP contribution >= 0.6 is 11.6 Å². The molecule has 0 fully saturated rings. The van der Waals surface area contributed by atoms with Crippen LogP contribution in [0.3, 0.4) is 0 Å². The molecule has 2 amide bonds. The standard InChI is InChI=1S/C29H34ClN3O5S/c1-5-31-29(35)22(4)32(19-23-9-7-8-10-27(23)30)28(34)20-33(24-13-15-25(16-14-24)38-6-2)39(36,37)26-17-11-21(3)12-18-26/h7-18,22H,5-6,19-20H2,1-4H3,(H,31,35)/t22-/m0/s1. The summed E-state index contributed by atoms with van der Waals surface area (Å²) in [6.07, 6.45) is 0. The van der Waals surface area contributed by atoms with Crippen LogP contribution in [-0.4, -0.2) is 50.9 Å². The van der Waals surface area contributed by atoms with Crippen molar-refractivity contribution in [2.45, 2.75) is 45.2 Å². The molecule has 0 saturated heterocycles. The summed E-state index contributed by atoms with van der Waals surface area (Å²) in [4.78, 5) is 28.0. The van der Waals surface area contributed by atoms with Crippen LogP contribution in [0, 0.1) is 6.92 Å². The first kappa shape index (κ1) is 30.0. The highest BCUT2D eigenvalue weighted by atomic mass is 35.5. The van der Waals surface area contributed by atoms with Crippen LogP contribution in [0.4, 0.5) is 5.69 Å². The molecule has 8 nitrogen and oxygen atoms in total. The van der Waals surface area contributed by atoms with E-state index in [0.717, 1.165) is 9.87 Å². The Morgan fingerprint density at radius 3 is 2.21 bits per heavy atom. The lowest BCUT2D eigenvalue weighted by Gasteiger charge is -2.32. The maximum Gasteiger partial charge on any atom is 0.264 e. The average molecular weight is 572 g/mol. The van der Waals surface area contributed by atoms with Gasteiger partial charge < -0.3 is 15.0 Å². The van der Waals surface area contributed by atoms with Crippen molar-refractivity contribution in [3.8, 4) is 5.75 Å². The van der Waals surface area contributed by atoms with Crippen LogP contribution < -0.4 is 14.4 Å². The Labute approximate surface area is 235 Å². The molecular formula is C29H34ClN3O5S. The first-order valence-corrected chi connectivity index (χ1v) is 14.5. The number of anilines is 1. The molecule has 1 atom stereocenters. The van der Waals surface area contributed by atoms with E-state index in [-0.39, 0.29) is 23.0 Å². The highest BCUT2D eigenvalue weighted by molar-refractivity contribution is 7.92. The van der Waals surface area contributed by atoms with Gasteiger partial charge in [-0.25, -0.2) is 8.42 Å². The van der Waals surface area contributed by atoms with Crippen LogP contribution in [0.2, 0.25) is 5.02 Å². The fourth-order valence-corrected chi connectivity index (χ4v) is 5.57. The average Bonchev–Trinajstić information content (AvgIpc) is 2.92. The molecule has 0 unspecified atom stereocenters. The third kappa shape index (κ3) is 7.52. The zero-order chi connectivity index (χ0) is 28.6. The first-order valence-electron chi connectivity index (χ1n) is 12.7. The van der Waals surface area contributed by atoms with Gasteiger partial charge in [0.1, 0.15) is 18.3 Å². The Balaban J connectivity index is 2.04. The minimum Gasteiger partial charge on any atom is -0.494 e. The van der Waals surface area contributed by atoms with E-state index in [1.54, 1.807) is 74.5 Å². The van der Waals surface area contributed by atoms with Crippen molar-refractivity contribution in [2.75, 3.05) is 24.0 Å². The molecule has 3 rings (SSSR count). The smallest absolute Gasteiger partial charge is 0.264 e. The number of rotatable bonds is 12. The second-order valence-electron chi connectivity index (χ2n) is 8.94. The number of likely N-dealkylation sites (N-methyl/N-ethyl adjacent to an activating group) is 1. The van der Waals surface area contributed by atoms with Crippen LogP contribution in [0.5, 0.6) is 5.75 Å². The molecule has 0 aliphatic heterocycles. The van der Waals surface area contributed by atoms with E-state index >= 15 is 0 Å². The molecular weight excluding hydrogens is 538 g/mol. The van der Waals surface area contributed by atoms with Gasteiger partial charge in [-0.3, -0.25) is 13.9 Å². The lowest BCUT2D eigenvalue weighted by atomic mass is 10.1. The highest BCUT2D eigenvalue weighted by Gasteiger charge is 2.32. The number of sulfonamides is 1. The van der Waals surface area contributed by atoms with E-state index in [1.165, 1.54) is 17.0 Å². The molecule has 0 aromatic heterocycles. The Kier molecular flexibility index (Phi) is 10.4. The number of hydrogen-bond donors (Lipinski definition) is 1. The molecule has 0 spiro atoms. The molecule has 10 heteroatoms. The third-order valence-electron chi connectivity index (χ3n) is 6.14. The number of benzene rings is 3. The SMILES string of the molecule is CCNC(=O)[C@H](C)N(Cc1ccccc1Cl)C(=O)CN(c1ccc(OCC)cc1)S(=O)(=O)c1ccc(C)cc1. The number of nitrogens with one attached hydrogen (secondary N) is 1. The molecule has 0 aliphatic carbocycles. The van der Waals surface area contributed by atoms with E-state index in [1.807, 2.05) is 13.8 Å². The van der Waals surface area contributed by atoms with Crippen molar-refractivity contribution in [1.29, 1.82) is 0 Å². The minimum absolute atomic E-state index is 0.0263. The molecule has 3 aromatic carbocycles. The van der Waals surface area contributed by atoms with Gasteiger partial charge in [0.2, 0.25) is 11.8 Å². The number of nitrogens with zero attached hydrogens (tertiary/aromatic N) is 2. The van der Waals surface area contributed by atoms with Gasteiger partial charge >= 0.3 is 0 Å². The minimum atomic E-state index is -4.14. The van der Waals surface area contributed by atoms with Gasteiger partial charge in [0, 0.05) is 18.1 Å². The summed E-state index contributed by atoms with van der Waals surface area (Å²) in [5, 5.41) is 3.17. The lowest BCUT2D eigenvalue weighted by Crippen LogP contribution is -2.51. The van der Waals surface area contributed by atoms with Crippen LogP contribution in [0.15, 0.2) is 77.7 Å². The summed E-state index contributed by atoms with van der Waals surface area (Å²) >= 11 is 6.37. The fourth-order valence-electron chi connectivity index (χ4n) is 3.96. The van der Waals surface area contributed by atoms with Crippen LogP contribution in [0.1, 0.15) is 31.9 Å². The summed E-state index contributed by atoms with van der Waals surface area (Å²) in [5.41, 5.74) is 1.83. The van der Waals surface area contributed by atoms with Gasteiger partial charge in [-0.15, -0.1) is 0 Å². The largest absolute Gasteiger partial charge is 0.494 e. The Bertz CT molecular complexity index is 1380. The second-order valence-corrected chi connectivity index (χ2v) is 11.2. The predicted molar refractivity (Wildman–Crippen MR) is 153 cm³/mol. The zero-order valence-corrected chi connectivity index (χ0v) is 24.1. The Morgan fingerprint density at radius 2 is 1.62 bits per heavy atom. The normalized spacial score (nSPS) is 11.9. The molecule has 0 heterocycles. The molecule has 0 bridgehead atoms. The summed E-state index contributed by atoms with van der Waals surface area (Å²) in [6.45, 7) is 7.44. The number of halogens is 1. The van der Waals surface area contributed by atoms with Gasteiger partial charge in [0.05, 0.1) is 17.2 Å². The molecule has 0 saturated carbocycles. The number of aryl methyl sites for hydroxylation is 1. The highest BCUT2D eigenvalue weighted by Crippen LogP contribution is 2.27. The summed E-state index contributed by atoms with van der Waals surface area (Å²) < 4.78 is 34.3. The van der Waals surface area contributed by atoms with Crippen molar-refractivity contribution in [3.63, 3.8) is 0 Å². The topological polar surface area (TPSA) is 96.0 Å². The number of carbonyl (C=O) groups is 2. The molecule has 0 radical (unpaired) electrons. The Hall–Kier alpha value is -3.56. The maximum absolute atomic E-state index is 13.9. The summed E-state index contributed by atoms with van der Waals surface area (Å²) in [6, 6.07) is 19.1. The number of carbonyl (C=O) groups excluding carboxylic acids is 2. The van der Waals surface area contributed by atoms with Gasteiger partial charge in [0.15, 0.2) is 0 Å². The van der Waals surface area contributed by atoms with Crippen molar-refractivity contribution in [1.82, 2.24) is 10.2 Å². The summed E-state index contributed by atoms with van der Waals surface area (Å²) in [5.74, 6) is -0.337. The molecule has 39 heavy (non-hydrogen) atoms. The van der Waals surface area contributed by atoms with Gasteiger partial charge in [-0.2, -0.15) is 0 Å². The van der Waals surface area contributed by atoms with Crippen molar-refractivity contribution in [2.24, 2.45) is 0 Å². The number of amides is 2. The van der Waals surface area contributed by atoms with Crippen LogP contribution in [0.25, 0.3) is 0 Å². The predicted octanol–water partition coefficient (Wildman–Crippen LogP) is 4.80. The van der Waals surface area contributed by atoms with E-state index in [9.17, 15) is 18.0 Å². The molecule has 3 aromatic rings. The lowest BCUT2D eigenvalue weighted by molar-refractivity contribution is -0.139. The maximum atomic E-state index is 13.9. The molecule has 0 aliphatic rings. The number of ether oxygens (including phenoxy) is 1. The Morgan fingerprint density at radius 1 is 0.974 bits per heavy atom. The van der Waals surface area contributed by atoms with Crippen molar-refractivity contribution in [3.05, 3.63) is 88.9 Å². The van der Waals surface area contributed by atoms with E-state index in [0.29, 0.717) is 29.5 Å².